The molecule has 1 aromatic rings. The minimum absolute atomic E-state index is 0.360. The number of unbranched alkanes of at least 4 members (excludes halogenated alkanes) is 1. The van der Waals surface area contributed by atoms with Gasteiger partial charge < -0.3 is 15.0 Å². The molecule has 0 saturated carbocycles. The van der Waals surface area contributed by atoms with Crippen LogP contribution in [0.25, 0.3) is 0 Å². The van der Waals surface area contributed by atoms with E-state index in [1.54, 1.807) is 12.3 Å². The number of aryl methyl sites for hydroxylation is 1. The van der Waals surface area contributed by atoms with E-state index in [4.69, 9.17) is 4.74 Å². The van der Waals surface area contributed by atoms with E-state index < -0.39 is 6.09 Å². The smallest absolute Gasteiger partial charge is 0.391 e. The third-order valence-corrected chi connectivity index (χ3v) is 4.18. The van der Waals surface area contributed by atoms with E-state index in [1.165, 1.54) is 37.9 Å². The SMILES string of the molecule is CCCCc1ccc(OC(=O)NCCCN2CCCCC2)nc1. The molecule has 0 spiro atoms. The van der Waals surface area contributed by atoms with Gasteiger partial charge in [0.2, 0.25) is 5.88 Å². The van der Waals surface area contributed by atoms with Crippen LogP contribution in [0.5, 0.6) is 5.88 Å². The van der Waals surface area contributed by atoms with Crippen LogP contribution in [0.1, 0.15) is 51.0 Å². The van der Waals surface area contributed by atoms with Crippen molar-refractivity contribution >= 4 is 6.09 Å². The predicted molar refractivity (Wildman–Crippen MR) is 91.8 cm³/mol. The molecule has 0 atom stereocenters. The number of piperidine rings is 1. The number of rotatable bonds is 8. The van der Waals surface area contributed by atoms with Crippen molar-refractivity contribution in [2.24, 2.45) is 0 Å². The summed E-state index contributed by atoms with van der Waals surface area (Å²) in [5.41, 5.74) is 1.18. The predicted octanol–water partition coefficient (Wildman–Crippen LogP) is 3.39. The average Bonchev–Trinajstić information content (AvgIpc) is 2.59. The van der Waals surface area contributed by atoms with Crippen molar-refractivity contribution in [3.05, 3.63) is 23.9 Å². The maximum atomic E-state index is 11.7. The lowest BCUT2D eigenvalue weighted by Crippen LogP contribution is -2.34. The molecule has 2 heterocycles. The van der Waals surface area contributed by atoms with Gasteiger partial charge in [-0.2, -0.15) is 0 Å². The zero-order valence-electron chi connectivity index (χ0n) is 14.2. The van der Waals surface area contributed by atoms with Crippen LogP contribution in [-0.4, -0.2) is 42.2 Å². The van der Waals surface area contributed by atoms with E-state index in [0.717, 1.165) is 32.2 Å². The Hall–Kier alpha value is -1.62. The van der Waals surface area contributed by atoms with Crippen molar-refractivity contribution in [3.8, 4) is 5.88 Å². The summed E-state index contributed by atoms with van der Waals surface area (Å²) in [5.74, 6) is 0.360. The summed E-state index contributed by atoms with van der Waals surface area (Å²) < 4.78 is 5.19. The minimum Gasteiger partial charge on any atom is -0.391 e. The summed E-state index contributed by atoms with van der Waals surface area (Å²) in [6, 6.07) is 3.74. The van der Waals surface area contributed by atoms with E-state index >= 15 is 0 Å². The number of hydrogen-bond acceptors (Lipinski definition) is 4. The van der Waals surface area contributed by atoms with Crippen LogP contribution >= 0.6 is 0 Å². The zero-order valence-corrected chi connectivity index (χ0v) is 14.2. The van der Waals surface area contributed by atoms with Crippen LogP contribution in [0, 0.1) is 0 Å². The van der Waals surface area contributed by atoms with E-state index in [-0.39, 0.29) is 0 Å². The average molecular weight is 319 g/mol. The fraction of sp³-hybridized carbons (Fsp3) is 0.667. The Bertz CT molecular complexity index is 456. The lowest BCUT2D eigenvalue weighted by Gasteiger charge is -2.26. The summed E-state index contributed by atoms with van der Waals surface area (Å²) in [4.78, 5) is 18.4. The van der Waals surface area contributed by atoms with Gasteiger partial charge in [-0.3, -0.25) is 0 Å². The van der Waals surface area contributed by atoms with E-state index in [9.17, 15) is 4.79 Å². The number of carbonyl (C=O) groups is 1. The molecule has 1 aromatic heterocycles. The van der Waals surface area contributed by atoms with Crippen LogP contribution in [0.4, 0.5) is 4.79 Å². The van der Waals surface area contributed by atoms with E-state index in [2.05, 4.69) is 22.1 Å². The molecule has 1 saturated heterocycles. The summed E-state index contributed by atoms with van der Waals surface area (Å²) in [6.07, 6.45) is 9.62. The highest BCUT2D eigenvalue weighted by Crippen LogP contribution is 2.10. The molecule has 0 aromatic carbocycles. The van der Waals surface area contributed by atoms with Gasteiger partial charge in [0.05, 0.1) is 0 Å². The lowest BCUT2D eigenvalue weighted by molar-refractivity contribution is 0.195. The number of pyridine rings is 1. The van der Waals surface area contributed by atoms with Gasteiger partial charge in [-0.05, 0) is 57.3 Å². The molecule has 23 heavy (non-hydrogen) atoms. The molecule has 2 rings (SSSR count). The normalized spacial score (nSPS) is 15.3. The standard InChI is InChI=1S/C18H29N3O2/c1-2-3-8-16-9-10-17(20-15-16)23-18(22)19-11-7-14-21-12-5-4-6-13-21/h9-10,15H,2-8,11-14H2,1H3,(H,19,22). The van der Waals surface area contributed by atoms with E-state index in [1.807, 2.05) is 6.07 Å². The topological polar surface area (TPSA) is 54.5 Å². The Morgan fingerprint density at radius 1 is 1.26 bits per heavy atom. The Kier molecular flexibility index (Phi) is 7.87. The molecule has 5 heteroatoms. The van der Waals surface area contributed by atoms with Gasteiger partial charge in [0, 0.05) is 18.8 Å². The molecular formula is C18H29N3O2. The van der Waals surface area contributed by atoms with Crippen LogP contribution in [0.3, 0.4) is 0 Å². The molecule has 1 fully saturated rings. The molecule has 0 bridgehead atoms. The molecule has 1 amide bonds. The van der Waals surface area contributed by atoms with E-state index in [0.29, 0.717) is 12.4 Å². The quantitative estimate of drug-likeness (QED) is 0.746. The van der Waals surface area contributed by atoms with Crippen molar-refractivity contribution in [1.29, 1.82) is 0 Å². The summed E-state index contributed by atoms with van der Waals surface area (Å²) in [7, 11) is 0. The first-order valence-corrected chi connectivity index (χ1v) is 8.91. The summed E-state index contributed by atoms with van der Waals surface area (Å²) in [6.45, 7) is 6.24. The molecule has 0 radical (unpaired) electrons. The maximum absolute atomic E-state index is 11.7. The van der Waals surface area contributed by atoms with Crippen LogP contribution < -0.4 is 10.1 Å². The first-order valence-electron chi connectivity index (χ1n) is 8.91. The van der Waals surface area contributed by atoms with Gasteiger partial charge >= 0.3 is 6.09 Å². The Morgan fingerprint density at radius 3 is 2.78 bits per heavy atom. The summed E-state index contributed by atoms with van der Waals surface area (Å²) in [5, 5.41) is 2.79. The third kappa shape index (κ3) is 6.99. The number of aromatic nitrogens is 1. The molecule has 128 valence electrons. The third-order valence-electron chi connectivity index (χ3n) is 4.18. The highest BCUT2D eigenvalue weighted by Gasteiger charge is 2.10. The molecule has 0 unspecified atom stereocenters. The van der Waals surface area contributed by atoms with Crippen molar-refractivity contribution in [2.45, 2.75) is 51.9 Å². The van der Waals surface area contributed by atoms with Gasteiger partial charge in [-0.25, -0.2) is 9.78 Å². The van der Waals surface area contributed by atoms with Crippen LogP contribution in [-0.2, 0) is 6.42 Å². The van der Waals surface area contributed by atoms with Crippen molar-refractivity contribution in [2.75, 3.05) is 26.2 Å². The lowest BCUT2D eigenvalue weighted by atomic mass is 10.1. The van der Waals surface area contributed by atoms with Gasteiger partial charge in [0.15, 0.2) is 0 Å². The van der Waals surface area contributed by atoms with Crippen molar-refractivity contribution in [3.63, 3.8) is 0 Å². The Morgan fingerprint density at radius 2 is 2.09 bits per heavy atom. The fourth-order valence-electron chi connectivity index (χ4n) is 2.81. The van der Waals surface area contributed by atoms with Gasteiger partial charge in [0.25, 0.3) is 0 Å². The highest BCUT2D eigenvalue weighted by molar-refractivity contribution is 5.69. The highest BCUT2D eigenvalue weighted by atomic mass is 16.6. The van der Waals surface area contributed by atoms with Crippen LogP contribution in [0.2, 0.25) is 0 Å². The van der Waals surface area contributed by atoms with Crippen LogP contribution in [0.15, 0.2) is 18.3 Å². The second-order valence-electron chi connectivity index (χ2n) is 6.18. The second kappa shape index (κ2) is 10.2. The number of nitrogens with one attached hydrogen (secondary N) is 1. The summed E-state index contributed by atoms with van der Waals surface area (Å²) >= 11 is 0. The number of carbonyl (C=O) groups excluding carboxylic acids is 1. The number of hydrogen-bond donors (Lipinski definition) is 1. The largest absolute Gasteiger partial charge is 0.413 e. The molecule has 1 aliphatic heterocycles. The second-order valence-corrected chi connectivity index (χ2v) is 6.18. The van der Waals surface area contributed by atoms with Gasteiger partial charge in [0.1, 0.15) is 0 Å². The number of nitrogens with zero attached hydrogens (tertiary/aromatic N) is 2. The molecule has 1 aliphatic rings. The maximum Gasteiger partial charge on any atom is 0.413 e. The monoisotopic (exact) mass is 319 g/mol. The van der Waals surface area contributed by atoms with Gasteiger partial charge in [-0.15, -0.1) is 0 Å². The van der Waals surface area contributed by atoms with Crippen molar-refractivity contribution in [1.82, 2.24) is 15.2 Å². The number of likely N-dealkylation sites (tertiary alicyclic amines) is 1. The van der Waals surface area contributed by atoms with Crippen molar-refractivity contribution < 1.29 is 9.53 Å². The Labute approximate surface area is 139 Å². The zero-order chi connectivity index (χ0) is 16.3. The Balaban J connectivity index is 1.60. The first kappa shape index (κ1) is 17.7. The molecular weight excluding hydrogens is 290 g/mol. The number of ether oxygens (including phenoxy) is 1. The molecule has 0 aliphatic carbocycles. The molecule has 5 nitrogen and oxygen atoms in total. The minimum atomic E-state index is -0.419. The van der Waals surface area contributed by atoms with Gasteiger partial charge in [-0.1, -0.05) is 25.8 Å². The first-order chi connectivity index (χ1) is 11.3. The molecule has 1 N–H and O–H groups in total. The number of amides is 1. The fourth-order valence-corrected chi connectivity index (χ4v) is 2.81.